The number of aliphatic hydroxyl groups excluding tert-OH is 1. The summed E-state index contributed by atoms with van der Waals surface area (Å²) in [5.74, 6) is 0.0372. The number of aliphatic hydroxyl groups is 1. The van der Waals surface area contributed by atoms with Crippen LogP contribution in [0.2, 0.25) is 5.02 Å². The number of aromatic amines is 1. The monoisotopic (exact) mass is 372 g/mol. The number of nitrogens with zero attached hydrogens (tertiary/aromatic N) is 3. The highest BCUT2D eigenvalue weighted by atomic mass is 35.5. The molecule has 3 rings (SSSR count). The number of hydrogen-bond donors (Lipinski definition) is 2. The molecule has 1 saturated heterocycles. The molecule has 0 spiro atoms. The van der Waals surface area contributed by atoms with Gasteiger partial charge in [-0.25, -0.2) is 4.98 Å². The van der Waals surface area contributed by atoms with E-state index >= 15 is 0 Å². The lowest BCUT2D eigenvalue weighted by Crippen LogP contribution is -2.43. The fraction of sp³-hybridized carbons (Fsp3) is 0.500. The molecular formula is C16H16ClF3N4O. The number of H-pyrrole nitrogens is 1. The van der Waals surface area contributed by atoms with E-state index in [1.54, 1.807) is 17.9 Å². The van der Waals surface area contributed by atoms with Crippen molar-refractivity contribution in [3.8, 4) is 6.07 Å². The minimum Gasteiger partial charge on any atom is -0.391 e. The summed E-state index contributed by atoms with van der Waals surface area (Å²) in [5.41, 5.74) is -0.978. The molecule has 0 amide bonds. The van der Waals surface area contributed by atoms with Crippen LogP contribution in [0.5, 0.6) is 0 Å². The minimum atomic E-state index is -4.79. The number of piperidine rings is 1. The Hall–Kier alpha value is -1.98. The fourth-order valence-electron chi connectivity index (χ4n) is 3.15. The number of aromatic nitrogens is 2. The molecule has 134 valence electrons. The van der Waals surface area contributed by atoms with E-state index in [0.717, 1.165) is 0 Å². The number of nitrogens with one attached hydrogen (secondary N) is 1. The van der Waals surface area contributed by atoms with Crippen molar-refractivity contribution in [1.29, 1.82) is 5.26 Å². The first-order valence-corrected chi connectivity index (χ1v) is 8.15. The van der Waals surface area contributed by atoms with Gasteiger partial charge in [-0.05, 0) is 19.3 Å². The summed E-state index contributed by atoms with van der Waals surface area (Å²) in [4.78, 5) is 8.17. The molecule has 2 atom stereocenters. The molecule has 5 nitrogen and oxygen atoms in total. The van der Waals surface area contributed by atoms with E-state index in [9.17, 15) is 23.5 Å². The standard InChI is InChI=1S/C16H16ClF3N4O/c1-7-3-4-24(6-10(7)25)14-9(5-21)15(16(18,19)20)23-12-11(17)8(2)22-13(12)14/h7,10,22,25H,3-4,6H2,1-2H3/t7-,10+/m0/s1. The van der Waals surface area contributed by atoms with Crippen molar-refractivity contribution in [3.05, 3.63) is 22.0 Å². The topological polar surface area (TPSA) is 75.9 Å². The van der Waals surface area contributed by atoms with Crippen LogP contribution in [0.3, 0.4) is 0 Å². The molecule has 1 aliphatic rings. The lowest BCUT2D eigenvalue weighted by atomic mass is 9.95. The van der Waals surface area contributed by atoms with E-state index in [-0.39, 0.29) is 34.2 Å². The third-order valence-corrected chi connectivity index (χ3v) is 5.10. The molecule has 0 unspecified atom stereocenters. The molecule has 2 aromatic rings. The Bertz CT molecular complexity index is 871. The molecule has 0 saturated carbocycles. The molecule has 2 N–H and O–H groups in total. The number of β-amino-alcohol motifs (C(OH)–C–C–N with tert-alkyl or cyclic N) is 1. The van der Waals surface area contributed by atoms with Crippen LogP contribution in [0.15, 0.2) is 0 Å². The number of nitriles is 1. The summed E-state index contributed by atoms with van der Waals surface area (Å²) in [6, 6.07) is 1.65. The van der Waals surface area contributed by atoms with E-state index in [1.165, 1.54) is 0 Å². The van der Waals surface area contributed by atoms with Gasteiger partial charge in [0.05, 0.1) is 22.3 Å². The zero-order valence-corrected chi connectivity index (χ0v) is 14.3. The van der Waals surface area contributed by atoms with Gasteiger partial charge in [0.15, 0.2) is 5.69 Å². The van der Waals surface area contributed by atoms with Gasteiger partial charge in [0.1, 0.15) is 17.1 Å². The summed E-state index contributed by atoms with van der Waals surface area (Å²) in [6.07, 6.45) is -4.88. The van der Waals surface area contributed by atoms with Gasteiger partial charge in [-0.1, -0.05) is 18.5 Å². The first-order valence-electron chi connectivity index (χ1n) is 7.77. The van der Waals surface area contributed by atoms with Gasteiger partial charge in [0.25, 0.3) is 0 Å². The average Bonchev–Trinajstić information content (AvgIpc) is 2.82. The Morgan fingerprint density at radius 1 is 1.44 bits per heavy atom. The highest BCUT2D eigenvalue weighted by Crippen LogP contribution is 2.42. The second kappa shape index (κ2) is 6.07. The van der Waals surface area contributed by atoms with Gasteiger partial charge in [-0.2, -0.15) is 18.4 Å². The van der Waals surface area contributed by atoms with Crippen LogP contribution in [0.4, 0.5) is 18.9 Å². The van der Waals surface area contributed by atoms with Gasteiger partial charge in [0, 0.05) is 18.8 Å². The van der Waals surface area contributed by atoms with E-state index in [4.69, 9.17) is 11.6 Å². The van der Waals surface area contributed by atoms with E-state index in [1.807, 2.05) is 6.92 Å². The third kappa shape index (κ3) is 2.92. The summed E-state index contributed by atoms with van der Waals surface area (Å²) < 4.78 is 40.4. The first kappa shape index (κ1) is 17.8. The van der Waals surface area contributed by atoms with Crippen molar-refractivity contribution < 1.29 is 18.3 Å². The predicted octanol–water partition coefficient (Wildman–Crippen LogP) is 3.62. The molecule has 3 heterocycles. The van der Waals surface area contributed by atoms with Crippen LogP contribution in [-0.4, -0.2) is 34.3 Å². The highest BCUT2D eigenvalue weighted by molar-refractivity contribution is 6.36. The van der Waals surface area contributed by atoms with Crippen LogP contribution in [-0.2, 0) is 6.18 Å². The van der Waals surface area contributed by atoms with Crippen LogP contribution in [0.1, 0.15) is 30.3 Å². The smallest absolute Gasteiger partial charge is 0.391 e. The Kier molecular flexibility index (Phi) is 4.33. The summed E-state index contributed by atoms with van der Waals surface area (Å²) in [6.45, 7) is 4.08. The van der Waals surface area contributed by atoms with E-state index < -0.39 is 23.5 Å². The summed E-state index contributed by atoms with van der Waals surface area (Å²) >= 11 is 6.11. The molecule has 0 radical (unpaired) electrons. The third-order valence-electron chi connectivity index (χ3n) is 4.64. The molecular weight excluding hydrogens is 357 g/mol. The fourth-order valence-corrected chi connectivity index (χ4v) is 3.33. The number of rotatable bonds is 1. The van der Waals surface area contributed by atoms with Crippen molar-refractivity contribution in [2.24, 2.45) is 5.92 Å². The van der Waals surface area contributed by atoms with Crippen LogP contribution >= 0.6 is 11.6 Å². The molecule has 1 fully saturated rings. The maximum Gasteiger partial charge on any atom is 0.434 e. The largest absolute Gasteiger partial charge is 0.434 e. The van der Waals surface area contributed by atoms with Crippen molar-refractivity contribution in [2.75, 3.05) is 18.0 Å². The summed E-state index contributed by atoms with van der Waals surface area (Å²) in [7, 11) is 0. The average molecular weight is 373 g/mol. The Labute approximate surface area is 147 Å². The van der Waals surface area contributed by atoms with Gasteiger partial charge in [-0.3, -0.25) is 0 Å². The van der Waals surface area contributed by atoms with E-state index in [2.05, 4.69) is 9.97 Å². The SMILES string of the molecule is Cc1[nH]c2c(N3CC[C@H](C)[C@H](O)C3)c(C#N)c(C(F)(F)F)nc2c1Cl. The van der Waals surface area contributed by atoms with Gasteiger partial charge in [-0.15, -0.1) is 0 Å². The number of aryl methyl sites for hydroxylation is 1. The molecule has 0 aromatic carbocycles. The van der Waals surface area contributed by atoms with Crippen molar-refractivity contribution in [3.63, 3.8) is 0 Å². The van der Waals surface area contributed by atoms with Crippen molar-refractivity contribution in [2.45, 2.75) is 32.5 Å². The zero-order valence-electron chi connectivity index (χ0n) is 13.6. The lowest BCUT2D eigenvalue weighted by molar-refractivity contribution is -0.141. The quantitative estimate of drug-likeness (QED) is 0.801. The number of alkyl halides is 3. The van der Waals surface area contributed by atoms with E-state index in [0.29, 0.717) is 18.7 Å². The Balaban J connectivity index is 2.32. The highest BCUT2D eigenvalue weighted by Gasteiger charge is 2.40. The minimum absolute atomic E-state index is 0.0198. The molecule has 0 aliphatic carbocycles. The summed E-state index contributed by atoms with van der Waals surface area (Å²) in [5, 5.41) is 19.7. The first-order chi connectivity index (χ1) is 11.6. The second-order valence-corrected chi connectivity index (χ2v) is 6.74. The number of pyridine rings is 1. The van der Waals surface area contributed by atoms with Crippen LogP contribution in [0, 0.1) is 24.2 Å². The zero-order chi connectivity index (χ0) is 18.5. The number of hydrogen-bond acceptors (Lipinski definition) is 4. The molecule has 25 heavy (non-hydrogen) atoms. The van der Waals surface area contributed by atoms with Crippen LogP contribution < -0.4 is 4.90 Å². The van der Waals surface area contributed by atoms with Gasteiger partial charge in [0.2, 0.25) is 0 Å². The number of halogens is 4. The Morgan fingerprint density at radius 2 is 2.12 bits per heavy atom. The molecule has 1 aliphatic heterocycles. The van der Waals surface area contributed by atoms with Gasteiger partial charge >= 0.3 is 6.18 Å². The van der Waals surface area contributed by atoms with Gasteiger partial charge < -0.3 is 15.0 Å². The normalized spacial score (nSPS) is 21.6. The van der Waals surface area contributed by atoms with Crippen LogP contribution in [0.25, 0.3) is 11.0 Å². The number of anilines is 1. The van der Waals surface area contributed by atoms with Crippen molar-refractivity contribution in [1.82, 2.24) is 9.97 Å². The molecule has 2 aromatic heterocycles. The maximum atomic E-state index is 13.5. The number of fused-ring (bicyclic) bond motifs is 1. The second-order valence-electron chi connectivity index (χ2n) is 6.36. The lowest BCUT2D eigenvalue weighted by Gasteiger charge is -2.36. The van der Waals surface area contributed by atoms with Crippen molar-refractivity contribution >= 4 is 28.3 Å². The predicted molar refractivity (Wildman–Crippen MR) is 87.6 cm³/mol. The Morgan fingerprint density at radius 3 is 2.68 bits per heavy atom. The molecule has 0 bridgehead atoms. The molecule has 9 heteroatoms. The maximum absolute atomic E-state index is 13.5.